The highest BCUT2D eigenvalue weighted by atomic mass is 16.5. The Morgan fingerprint density at radius 3 is 2.26 bits per heavy atom. The maximum atomic E-state index is 11.6. The van der Waals surface area contributed by atoms with E-state index in [9.17, 15) is 24.6 Å². The van der Waals surface area contributed by atoms with Gasteiger partial charge in [0.2, 0.25) is 0 Å². The summed E-state index contributed by atoms with van der Waals surface area (Å²) in [5.74, 6) is -0.983. The molecule has 0 amide bonds. The lowest BCUT2D eigenvalue weighted by atomic mass is 9.46. The summed E-state index contributed by atoms with van der Waals surface area (Å²) in [7, 11) is 0. The first-order valence-electron chi connectivity index (χ1n) is 10.2. The van der Waals surface area contributed by atoms with E-state index in [2.05, 4.69) is 6.92 Å². The molecule has 0 unspecified atom stereocenters. The molecule has 0 aromatic rings. The Labute approximate surface area is 160 Å². The highest BCUT2D eigenvalue weighted by molar-refractivity contribution is 5.69. The molecule has 0 saturated heterocycles. The maximum absolute atomic E-state index is 11.6. The van der Waals surface area contributed by atoms with Gasteiger partial charge in [-0.25, -0.2) is 0 Å². The van der Waals surface area contributed by atoms with Gasteiger partial charge in [0, 0.05) is 18.8 Å². The number of rotatable bonds is 5. The Balaban J connectivity index is 1.88. The molecule has 6 nitrogen and oxygen atoms in total. The number of hydrogen-bond acceptors (Lipinski definition) is 4. The van der Waals surface area contributed by atoms with E-state index < -0.39 is 17.4 Å². The van der Waals surface area contributed by atoms with Crippen molar-refractivity contribution in [2.24, 2.45) is 34.5 Å². The van der Waals surface area contributed by atoms with E-state index in [1.807, 2.05) is 6.92 Å². The topological polar surface area (TPSA) is 101 Å². The monoisotopic (exact) mass is 380 g/mol. The van der Waals surface area contributed by atoms with E-state index in [4.69, 9.17) is 4.74 Å². The van der Waals surface area contributed by atoms with E-state index in [0.717, 1.165) is 38.5 Å². The average Bonchev–Trinajstić information content (AvgIpc) is 2.85. The zero-order chi connectivity index (χ0) is 20.0. The summed E-state index contributed by atoms with van der Waals surface area (Å²) < 4.78 is 5.64. The van der Waals surface area contributed by atoms with Crippen LogP contribution in [0.2, 0.25) is 0 Å². The molecule has 0 spiro atoms. The minimum Gasteiger partial charge on any atom is -0.481 e. The first-order valence-corrected chi connectivity index (χ1v) is 10.2. The van der Waals surface area contributed by atoms with Crippen LogP contribution in [0, 0.1) is 34.5 Å². The summed E-state index contributed by atoms with van der Waals surface area (Å²) in [6, 6.07) is 0. The average molecular weight is 380 g/mol. The van der Waals surface area contributed by atoms with Crippen LogP contribution in [0.1, 0.15) is 72.1 Å². The highest BCUT2D eigenvalue weighted by Crippen LogP contribution is 2.65. The molecule has 3 fully saturated rings. The third-order valence-corrected chi connectivity index (χ3v) is 8.24. The van der Waals surface area contributed by atoms with E-state index in [1.54, 1.807) is 0 Å². The normalized spacial score (nSPS) is 43.4. The van der Waals surface area contributed by atoms with Gasteiger partial charge in [0.05, 0.1) is 6.42 Å². The predicted molar refractivity (Wildman–Crippen MR) is 97.9 cm³/mol. The van der Waals surface area contributed by atoms with Crippen molar-refractivity contribution in [1.29, 1.82) is 0 Å². The molecule has 152 valence electrons. The Morgan fingerprint density at radius 2 is 1.67 bits per heavy atom. The van der Waals surface area contributed by atoms with Crippen LogP contribution >= 0.6 is 0 Å². The molecule has 6 heteroatoms. The van der Waals surface area contributed by atoms with Crippen LogP contribution in [0.15, 0.2) is 0 Å². The van der Waals surface area contributed by atoms with Gasteiger partial charge in [0.1, 0.15) is 6.10 Å². The first-order chi connectivity index (χ1) is 12.6. The van der Waals surface area contributed by atoms with Crippen LogP contribution in [0.4, 0.5) is 0 Å². The molecule has 0 aromatic carbocycles. The molecule has 27 heavy (non-hydrogen) atoms. The van der Waals surface area contributed by atoms with Crippen molar-refractivity contribution >= 4 is 17.9 Å². The van der Waals surface area contributed by atoms with Crippen molar-refractivity contribution in [2.45, 2.75) is 78.2 Å². The van der Waals surface area contributed by atoms with Gasteiger partial charge in [0.25, 0.3) is 0 Å². The second-order valence-corrected chi connectivity index (χ2v) is 9.55. The summed E-state index contributed by atoms with van der Waals surface area (Å²) in [6.07, 6.45) is 5.41. The summed E-state index contributed by atoms with van der Waals surface area (Å²) >= 11 is 0. The number of carbonyl (C=O) groups is 3. The summed E-state index contributed by atoms with van der Waals surface area (Å²) in [4.78, 5) is 34.5. The summed E-state index contributed by atoms with van der Waals surface area (Å²) in [6.45, 7) is 5.70. The standard InChI is InChI=1S/C21H32O6/c1-12(22)27-17-7-6-15-14-5-4-13(10-18(23)24)21(3,11-19(25)26)16(14)8-9-20(15,17)2/h13-17H,4-11H2,1-3H3,(H,23,24)(H,25,26)/t13-,14+,15-,16+,17-,20-,21+/m1/s1. The third kappa shape index (κ3) is 3.47. The van der Waals surface area contributed by atoms with E-state index in [-0.39, 0.29) is 42.2 Å². The molecule has 3 aliphatic rings. The van der Waals surface area contributed by atoms with Gasteiger partial charge in [-0.1, -0.05) is 13.8 Å². The number of hydrogen-bond donors (Lipinski definition) is 2. The molecule has 2 N–H and O–H groups in total. The minimum absolute atomic E-state index is 0.0307. The molecule has 3 saturated carbocycles. The molecule has 0 bridgehead atoms. The van der Waals surface area contributed by atoms with Gasteiger partial charge in [-0.2, -0.15) is 0 Å². The molecule has 3 aliphatic carbocycles. The van der Waals surface area contributed by atoms with E-state index in [0.29, 0.717) is 11.8 Å². The van der Waals surface area contributed by atoms with Crippen molar-refractivity contribution in [3.63, 3.8) is 0 Å². The quantitative estimate of drug-likeness (QED) is 0.705. The Hall–Kier alpha value is -1.59. The van der Waals surface area contributed by atoms with Crippen LogP contribution in [0.3, 0.4) is 0 Å². The Kier molecular flexibility index (Phi) is 5.30. The van der Waals surface area contributed by atoms with Crippen LogP contribution in [-0.2, 0) is 19.1 Å². The van der Waals surface area contributed by atoms with Crippen molar-refractivity contribution in [1.82, 2.24) is 0 Å². The largest absolute Gasteiger partial charge is 0.481 e. The highest BCUT2D eigenvalue weighted by Gasteiger charge is 2.60. The zero-order valence-electron chi connectivity index (χ0n) is 16.6. The number of carbonyl (C=O) groups excluding carboxylic acids is 1. The van der Waals surface area contributed by atoms with E-state index in [1.165, 1.54) is 6.92 Å². The van der Waals surface area contributed by atoms with Gasteiger partial charge >= 0.3 is 17.9 Å². The van der Waals surface area contributed by atoms with Crippen molar-refractivity contribution < 1.29 is 29.3 Å². The SMILES string of the molecule is CC(=O)O[C@@H]1CC[C@@H]2[C@@H]3CC[C@H](CC(=O)O)[C@](C)(CC(=O)O)[C@H]3CC[C@]21C. The smallest absolute Gasteiger partial charge is 0.303 e. The lowest BCUT2D eigenvalue weighted by Gasteiger charge is -2.58. The van der Waals surface area contributed by atoms with Crippen LogP contribution in [-0.4, -0.2) is 34.2 Å². The molecule has 7 atom stereocenters. The van der Waals surface area contributed by atoms with Gasteiger partial charge in [-0.15, -0.1) is 0 Å². The number of carboxylic acid groups (broad SMARTS) is 2. The fraction of sp³-hybridized carbons (Fsp3) is 0.857. The van der Waals surface area contributed by atoms with Crippen LogP contribution in [0.5, 0.6) is 0 Å². The molecule has 0 heterocycles. The second kappa shape index (κ2) is 7.10. The maximum Gasteiger partial charge on any atom is 0.303 e. The van der Waals surface area contributed by atoms with Crippen LogP contribution in [0.25, 0.3) is 0 Å². The molecule has 0 radical (unpaired) electrons. The first kappa shape index (κ1) is 20.2. The predicted octanol–water partition coefficient (Wildman–Crippen LogP) is 3.73. The molecule has 0 aromatic heterocycles. The molecule has 3 rings (SSSR count). The number of ether oxygens (including phenoxy) is 1. The number of carboxylic acids is 2. The fourth-order valence-corrected chi connectivity index (χ4v) is 7.03. The van der Waals surface area contributed by atoms with Gasteiger partial charge in [0.15, 0.2) is 0 Å². The number of aliphatic carboxylic acids is 2. The number of esters is 1. The van der Waals surface area contributed by atoms with Crippen LogP contribution < -0.4 is 0 Å². The van der Waals surface area contributed by atoms with Gasteiger partial charge in [-0.3, -0.25) is 14.4 Å². The fourth-order valence-electron chi connectivity index (χ4n) is 7.03. The number of fused-ring (bicyclic) bond motifs is 3. The molecular formula is C21H32O6. The van der Waals surface area contributed by atoms with Crippen molar-refractivity contribution in [3.8, 4) is 0 Å². The minimum atomic E-state index is -0.842. The van der Waals surface area contributed by atoms with Crippen molar-refractivity contribution in [2.75, 3.05) is 0 Å². The third-order valence-electron chi connectivity index (χ3n) is 8.24. The Morgan fingerprint density at radius 1 is 0.963 bits per heavy atom. The van der Waals surface area contributed by atoms with Gasteiger partial charge in [-0.05, 0) is 67.6 Å². The summed E-state index contributed by atoms with van der Waals surface area (Å²) in [5, 5.41) is 18.9. The van der Waals surface area contributed by atoms with Gasteiger partial charge < -0.3 is 14.9 Å². The lowest BCUT2D eigenvalue weighted by Crippen LogP contribution is -2.53. The summed E-state index contributed by atoms with van der Waals surface area (Å²) in [5.41, 5.74) is -0.537. The van der Waals surface area contributed by atoms with E-state index >= 15 is 0 Å². The van der Waals surface area contributed by atoms with Crippen molar-refractivity contribution in [3.05, 3.63) is 0 Å². The zero-order valence-corrected chi connectivity index (χ0v) is 16.6. The molecular weight excluding hydrogens is 348 g/mol. The second-order valence-electron chi connectivity index (χ2n) is 9.55. The molecule has 0 aliphatic heterocycles. The lowest BCUT2D eigenvalue weighted by molar-refractivity contribution is -0.165. The Bertz CT molecular complexity index is 630.